The second-order valence-electron chi connectivity index (χ2n) is 6.43. The summed E-state index contributed by atoms with van der Waals surface area (Å²) >= 11 is 0. The molecule has 94 valence electrons. The lowest BCUT2D eigenvalue weighted by molar-refractivity contribution is 0.0480. The normalized spacial score (nSPS) is 46.9. The molecular formula is C14H28N2. The Morgan fingerprint density at radius 2 is 1.56 bits per heavy atom. The summed E-state index contributed by atoms with van der Waals surface area (Å²) in [6.07, 6.45) is 4.27. The fraction of sp³-hybridized carbons (Fsp3) is 1.00. The third kappa shape index (κ3) is 2.78. The fourth-order valence-corrected chi connectivity index (χ4v) is 3.73. The highest BCUT2D eigenvalue weighted by Crippen LogP contribution is 2.32. The van der Waals surface area contributed by atoms with Crippen LogP contribution in [-0.4, -0.2) is 36.1 Å². The predicted molar refractivity (Wildman–Crippen MR) is 69.6 cm³/mol. The van der Waals surface area contributed by atoms with Crippen molar-refractivity contribution in [3.8, 4) is 0 Å². The molecule has 0 amide bonds. The van der Waals surface area contributed by atoms with Crippen molar-refractivity contribution in [1.82, 2.24) is 10.2 Å². The van der Waals surface area contributed by atoms with Gasteiger partial charge < -0.3 is 5.32 Å². The minimum absolute atomic E-state index is 0.670. The summed E-state index contributed by atoms with van der Waals surface area (Å²) in [6.45, 7) is 12.0. The van der Waals surface area contributed by atoms with Crippen LogP contribution in [0.15, 0.2) is 0 Å². The van der Waals surface area contributed by atoms with Crippen LogP contribution >= 0.6 is 0 Å². The Kier molecular flexibility index (Phi) is 3.91. The van der Waals surface area contributed by atoms with Gasteiger partial charge in [-0.25, -0.2) is 0 Å². The summed E-state index contributed by atoms with van der Waals surface area (Å²) in [5.41, 5.74) is 0. The van der Waals surface area contributed by atoms with E-state index in [1.165, 1.54) is 32.4 Å². The van der Waals surface area contributed by atoms with Crippen molar-refractivity contribution in [2.45, 2.75) is 65.1 Å². The Bertz CT molecular complexity index is 219. The smallest absolute Gasteiger partial charge is 0.0196 e. The molecule has 1 N–H and O–H groups in total. The highest BCUT2D eigenvalue weighted by Gasteiger charge is 2.33. The maximum Gasteiger partial charge on any atom is 0.0196 e. The van der Waals surface area contributed by atoms with E-state index in [0.717, 1.165) is 23.9 Å². The number of nitrogens with zero attached hydrogens (tertiary/aromatic N) is 1. The topological polar surface area (TPSA) is 15.3 Å². The third-order valence-corrected chi connectivity index (χ3v) is 4.44. The number of hydrogen-bond donors (Lipinski definition) is 1. The summed E-state index contributed by atoms with van der Waals surface area (Å²) in [5.74, 6) is 1.84. The van der Waals surface area contributed by atoms with Gasteiger partial charge in [0, 0.05) is 31.2 Å². The van der Waals surface area contributed by atoms with Crippen molar-refractivity contribution in [3.63, 3.8) is 0 Å². The third-order valence-electron chi connectivity index (χ3n) is 4.44. The Balaban J connectivity index is 1.99. The summed E-state index contributed by atoms with van der Waals surface area (Å²) in [4.78, 5) is 2.77. The molecule has 1 heterocycles. The molecule has 1 aliphatic heterocycles. The molecule has 1 saturated carbocycles. The molecule has 0 aromatic rings. The van der Waals surface area contributed by atoms with Crippen LogP contribution < -0.4 is 5.32 Å². The molecule has 0 bridgehead atoms. The van der Waals surface area contributed by atoms with Crippen LogP contribution in [0.1, 0.15) is 47.0 Å². The van der Waals surface area contributed by atoms with Gasteiger partial charge in [-0.2, -0.15) is 0 Å². The molecule has 16 heavy (non-hydrogen) atoms. The first-order valence-corrected chi connectivity index (χ1v) is 7.05. The second-order valence-corrected chi connectivity index (χ2v) is 6.43. The van der Waals surface area contributed by atoms with Crippen LogP contribution in [0.4, 0.5) is 0 Å². The molecule has 4 unspecified atom stereocenters. The monoisotopic (exact) mass is 224 g/mol. The van der Waals surface area contributed by atoms with Crippen molar-refractivity contribution in [1.29, 1.82) is 0 Å². The van der Waals surface area contributed by atoms with Crippen molar-refractivity contribution in [2.24, 2.45) is 11.8 Å². The summed E-state index contributed by atoms with van der Waals surface area (Å²) in [6, 6.07) is 2.24. The van der Waals surface area contributed by atoms with Gasteiger partial charge in [0.05, 0.1) is 0 Å². The van der Waals surface area contributed by atoms with E-state index in [-0.39, 0.29) is 0 Å². The van der Waals surface area contributed by atoms with Gasteiger partial charge in [-0.1, -0.05) is 13.8 Å². The molecule has 2 fully saturated rings. The van der Waals surface area contributed by atoms with Gasteiger partial charge in [-0.15, -0.1) is 0 Å². The highest BCUT2D eigenvalue weighted by molar-refractivity contribution is 4.89. The van der Waals surface area contributed by atoms with Crippen LogP contribution in [0.2, 0.25) is 0 Å². The summed E-state index contributed by atoms with van der Waals surface area (Å²) in [5, 5.41) is 3.58. The van der Waals surface area contributed by atoms with E-state index in [1.807, 2.05) is 0 Å². The van der Waals surface area contributed by atoms with Gasteiger partial charge >= 0.3 is 0 Å². The van der Waals surface area contributed by atoms with E-state index in [1.54, 1.807) is 0 Å². The lowest BCUT2D eigenvalue weighted by Gasteiger charge is -2.46. The Labute approximate surface area is 101 Å². The minimum atomic E-state index is 0.670. The maximum absolute atomic E-state index is 3.58. The van der Waals surface area contributed by atoms with E-state index in [9.17, 15) is 0 Å². The van der Waals surface area contributed by atoms with E-state index >= 15 is 0 Å². The number of piperazine rings is 1. The molecule has 0 spiro atoms. The first kappa shape index (κ1) is 12.4. The molecule has 2 rings (SSSR count). The van der Waals surface area contributed by atoms with E-state index in [0.29, 0.717) is 6.04 Å². The summed E-state index contributed by atoms with van der Waals surface area (Å²) < 4.78 is 0. The van der Waals surface area contributed by atoms with Crippen molar-refractivity contribution < 1.29 is 0 Å². The van der Waals surface area contributed by atoms with Gasteiger partial charge in [0.1, 0.15) is 0 Å². The standard InChI is InChI=1S/C14H28N2/c1-10-5-11(2)7-14(6-10)16-9-12(3)15-8-13(16)4/h10-15H,5-9H2,1-4H3. The number of rotatable bonds is 1. The Morgan fingerprint density at radius 1 is 0.938 bits per heavy atom. The number of nitrogens with one attached hydrogen (secondary N) is 1. The molecule has 0 aromatic heterocycles. The van der Waals surface area contributed by atoms with Crippen molar-refractivity contribution >= 4 is 0 Å². The SMILES string of the molecule is CC1CC(C)CC(N2CC(C)NCC2C)C1. The lowest BCUT2D eigenvalue weighted by Crippen LogP contribution is -2.58. The molecule has 0 radical (unpaired) electrons. The molecule has 2 aliphatic rings. The van der Waals surface area contributed by atoms with Crippen LogP contribution in [0.3, 0.4) is 0 Å². The van der Waals surface area contributed by atoms with Gasteiger partial charge in [-0.3, -0.25) is 4.90 Å². The molecule has 2 nitrogen and oxygen atoms in total. The zero-order chi connectivity index (χ0) is 11.7. The van der Waals surface area contributed by atoms with Crippen molar-refractivity contribution in [3.05, 3.63) is 0 Å². The van der Waals surface area contributed by atoms with Crippen LogP contribution in [0.5, 0.6) is 0 Å². The average molecular weight is 224 g/mol. The quantitative estimate of drug-likeness (QED) is 0.736. The minimum Gasteiger partial charge on any atom is -0.311 e. The predicted octanol–water partition coefficient (Wildman–Crippen LogP) is 2.49. The van der Waals surface area contributed by atoms with Crippen LogP contribution in [0, 0.1) is 11.8 Å². The molecular weight excluding hydrogens is 196 g/mol. The zero-order valence-corrected chi connectivity index (χ0v) is 11.4. The Morgan fingerprint density at radius 3 is 2.19 bits per heavy atom. The van der Waals surface area contributed by atoms with E-state index in [4.69, 9.17) is 0 Å². The van der Waals surface area contributed by atoms with Crippen molar-refractivity contribution in [2.75, 3.05) is 13.1 Å². The highest BCUT2D eigenvalue weighted by atomic mass is 15.2. The van der Waals surface area contributed by atoms with Gasteiger partial charge in [0.25, 0.3) is 0 Å². The van der Waals surface area contributed by atoms with Crippen LogP contribution in [-0.2, 0) is 0 Å². The lowest BCUT2D eigenvalue weighted by atomic mass is 9.79. The van der Waals surface area contributed by atoms with Gasteiger partial charge in [-0.05, 0) is 44.9 Å². The van der Waals surface area contributed by atoms with E-state index < -0.39 is 0 Å². The average Bonchev–Trinajstić information content (AvgIpc) is 2.20. The second kappa shape index (κ2) is 5.05. The van der Waals surface area contributed by atoms with Crippen LogP contribution in [0.25, 0.3) is 0 Å². The van der Waals surface area contributed by atoms with E-state index in [2.05, 4.69) is 37.9 Å². The van der Waals surface area contributed by atoms with Gasteiger partial charge in [0.2, 0.25) is 0 Å². The Hall–Kier alpha value is -0.0800. The fourth-order valence-electron chi connectivity index (χ4n) is 3.73. The molecule has 2 heteroatoms. The molecule has 0 aromatic carbocycles. The molecule has 1 saturated heterocycles. The molecule has 1 aliphatic carbocycles. The van der Waals surface area contributed by atoms with Gasteiger partial charge in [0.15, 0.2) is 0 Å². The maximum atomic E-state index is 3.58. The number of hydrogen-bond acceptors (Lipinski definition) is 2. The zero-order valence-electron chi connectivity index (χ0n) is 11.4. The first-order chi connectivity index (χ1) is 7.56. The summed E-state index contributed by atoms with van der Waals surface area (Å²) in [7, 11) is 0. The largest absolute Gasteiger partial charge is 0.311 e. The molecule has 4 atom stereocenters. The first-order valence-electron chi connectivity index (χ1n) is 7.05.